The maximum atomic E-state index is 5.90. The molecular formula is C21H36ClN. The van der Waals surface area contributed by atoms with Crippen LogP contribution in [0.3, 0.4) is 0 Å². The lowest BCUT2D eigenvalue weighted by atomic mass is 10.0. The molecule has 0 amide bonds. The van der Waals surface area contributed by atoms with Crippen LogP contribution in [0.1, 0.15) is 102 Å². The average Bonchev–Trinajstić information content (AvgIpc) is 2.55. The van der Waals surface area contributed by atoms with Crippen LogP contribution in [0.5, 0.6) is 0 Å². The first-order chi connectivity index (χ1) is 11.3. The minimum absolute atomic E-state index is 0.618. The third-order valence-corrected chi connectivity index (χ3v) is 4.82. The van der Waals surface area contributed by atoms with Gasteiger partial charge in [-0.3, -0.25) is 0 Å². The Morgan fingerprint density at radius 1 is 0.739 bits per heavy atom. The van der Waals surface area contributed by atoms with Crippen molar-refractivity contribution in [1.29, 1.82) is 0 Å². The molecule has 1 aromatic heterocycles. The van der Waals surface area contributed by atoms with Gasteiger partial charge in [-0.25, -0.2) is 4.98 Å². The average molecular weight is 338 g/mol. The highest BCUT2D eigenvalue weighted by atomic mass is 35.5. The van der Waals surface area contributed by atoms with E-state index in [9.17, 15) is 0 Å². The van der Waals surface area contributed by atoms with Crippen LogP contribution in [0.15, 0.2) is 18.3 Å². The molecule has 0 atom stereocenters. The summed E-state index contributed by atoms with van der Waals surface area (Å²) in [5.74, 6) is 0. The van der Waals surface area contributed by atoms with Crippen molar-refractivity contribution < 1.29 is 0 Å². The minimum atomic E-state index is 0.618. The molecule has 2 heteroatoms. The van der Waals surface area contributed by atoms with E-state index in [0.29, 0.717) is 5.15 Å². The van der Waals surface area contributed by atoms with Crippen molar-refractivity contribution >= 4 is 11.6 Å². The van der Waals surface area contributed by atoms with Crippen molar-refractivity contribution in [3.8, 4) is 0 Å². The molecule has 0 radical (unpaired) electrons. The zero-order chi connectivity index (χ0) is 16.6. The van der Waals surface area contributed by atoms with Gasteiger partial charge in [0.05, 0.1) is 0 Å². The van der Waals surface area contributed by atoms with Crippen LogP contribution in [0.25, 0.3) is 0 Å². The third kappa shape index (κ3) is 12.5. The number of unbranched alkanes of at least 4 members (excludes halogenated alkanes) is 13. The molecule has 23 heavy (non-hydrogen) atoms. The summed E-state index contributed by atoms with van der Waals surface area (Å²) in [5.41, 5.74) is 1.32. The molecule has 0 aliphatic rings. The Kier molecular flexibility index (Phi) is 13.4. The fourth-order valence-corrected chi connectivity index (χ4v) is 3.32. The van der Waals surface area contributed by atoms with Gasteiger partial charge in [0.25, 0.3) is 0 Å². The highest BCUT2D eigenvalue weighted by Gasteiger charge is 1.97. The maximum absolute atomic E-state index is 5.90. The van der Waals surface area contributed by atoms with Crippen LogP contribution in [-0.2, 0) is 6.42 Å². The topological polar surface area (TPSA) is 12.9 Å². The number of aryl methyl sites for hydroxylation is 1. The first kappa shape index (κ1) is 20.5. The third-order valence-electron chi connectivity index (χ3n) is 4.61. The Labute approximate surface area is 149 Å². The van der Waals surface area contributed by atoms with E-state index in [2.05, 4.69) is 18.0 Å². The Morgan fingerprint density at radius 2 is 1.22 bits per heavy atom. The molecule has 1 heterocycles. The van der Waals surface area contributed by atoms with Crippen LogP contribution in [0.4, 0.5) is 0 Å². The number of nitrogens with zero attached hydrogens (tertiary/aromatic N) is 1. The van der Waals surface area contributed by atoms with E-state index in [0.717, 1.165) is 6.42 Å². The summed E-state index contributed by atoms with van der Waals surface area (Å²) in [6, 6.07) is 4.07. The summed E-state index contributed by atoms with van der Waals surface area (Å²) in [6.45, 7) is 2.29. The first-order valence-corrected chi connectivity index (χ1v) is 10.3. The van der Waals surface area contributed by atoms with Gasteiger partial charge < -0.3 is 0 Å². The Hall–Kier alpha value is -0.560. The van der Waals surface area contributed by atoms with Gasteiger partial charge in [0.15, 0.2) is 0 Å². The predicted octanol–water partition coefficient (Wildman–Crippen LogP) is 7.76. The van der Waals surface area contributed by atoms with Gasteiger partial charge in [0.2, 0.25) is 0 Å². The number of halogens is 1. The van der Waals surface area contributed by atoms with Crippen LogP contribution in [0.2, 0.25) is 5.15 Å². The van der Waals surface area contributed by atoms with Crippen molar-refractivity contribution in [3.05, 3.63) is 29.0 Å². The second kappa shape index (κ2) is 15.0. The summed E-state index contributed by atoms with van der Waals surface area (Å²) in [6.07, 6.45) is 22.7. The van der Waals surface area contributed by atoms with E-state index in [1.165, 1.54) is 95.5 Å². The van der Waals surface area contributed by atoms with Crippen LogP contribution < -0.4 is 0 Å². The highest BCUT2D eigenvalue weighted by molar-refractivity contribution is 6.29. The maximum Gasteiger partial charge on any atom is 0.129 e. The molecule has 0 aliphatic heterocycles. The first-order valence-electron chi connectivity index (χ1n) is 9.93. The van der Waals surface area contributed by atoms with E-state index >= 15 is 0 Å². The van der Waals surface area contributed by atoms with E-state index in [4.69, 9.17) is 11.6 Å². The van der Waals surface area contributed by atoms with E-state index in [1.54, 1.807) is 0 Å². The van der Waals surface area contributed by atoms with Crippen molar-refractivity contribution in [2.45, 2.75) is 103 Å². The van der Waals surface area contributed by atoms with Gasteiger partial charge in [-0.15, -0.1) is 0 Å². The van der Waals surface area contributed by atoms with Crippen LogP contribution >= 0.6 is 11.6 Å². The molecule has 0 spiro atoms. The summed E-state index contributed by atoms with van der Waals surface area (Å²) in [5, 5.41) is 0.618. The monoisotopic (exact) mass is 337 g/mol. The van der Waals surface area contributed by atoms with Crippen LogP contribution in [-0.4, -0.2) is 4.98 Å². The largest absolute Gasteiger partial charge is 0.245 e. The quantitative estimate of drug-likeness (QED) is 0.235. The summed E-state index contributed by atoms with van der Waals surface area (Å²) < 4.78 is 0. The highest BCUT2D eigenvalue weighted by Crippen LogP contribution is 2.14. The number of aromatic nitrogens is 1. The molecule has 0 bridgehead atoms. The van der Waals surface area contributed by atoms with Gasteiger partial charge in [0, 0.05) is 6.20 Å². The normalized spacial score (nSPS) is 11.0. The van der Waals surface area contributed by atoms with Crippen molar-refractivity contribution in [3.63, 3.8) is 0 Å². The summed E-state index contributed by atoms with van der Waals surface area (Å²) in [4.78, 5) is 4.02. The van der Waals surface area contributed by atoms with E-state index in [1.807, 2.05) is 12.3 Å². The molecule has 1 nitrogen and oxygen atoms in total. The zero-order valence-electron chi connectivity index (χ0n) is 15.2. The number of rotatable bonds is 15. The molecule has 0 aliphatic carbocycles. The molecule has 0 aromatic carbocycles. The molecule has 0 N–H and O–H groups in total. The zero-order valence-corrected chi connectivity index (χ0v) is 15.9. The van der Waals surface area contributed by atoms with Crippen LogP contribution in [0, 0.1) is 0 Å². The van der Waals surface area contributed by atoms with Crippen molar-refractivity contribution in [1.82, 2.24) is 4.98 Å². The van der Waals surface area contributed by atoms with Gasteiger partial charge in [-0.1, -0.05) is 102 Å². The summed E-state index contributed by atoms with van der Waals surface area (Å²) >= 11 is 5.90. The number of pyridine rings is 1. The molecule has 132 valence electrons. The Balaban J connectivity index is 1.78. The van der Waals surface area contributed by atoms with E-state index in [-0.39, 0.29) is 0 Å². The molecule has 0 saturated heterocycles. The lowest BCUT2D eigenvalue weighted by molar-refractivity contribution is 0.535. The minimum Gasteiger partial charge on any atom is -0.245 e. The lowest BCUT2D eigenvalue weighted by Crippen LogP contribution is -1.88. The number of hydrogen-bond donors (Lipinski definition) is 0. The molecule has 0 saturated carbocycles. The molecule has 0 fully saturated rings. The standard InChI is InChI=1S/C21H36ClN/c1-2-3-4-5-6-7-8-9-10-11-12-13-14-15-16-20-17-18-23-21(22)19-20/h17-19H,2-16H2,1H3. The van der Waals surface area contributed by atoms with Crippen molar-refractivity contribution in [2.75, 3.05) is 0 Å². The van der Waals surface area contributed by atoms with Crippen molar-refractivity contribution in [2.24, 2.45) is 0 Å². The van der Waals surface area contributed by atoms with E-state index < -0.39 is 0 Å². The SMILES string of the molecule is CCCCCCCCCCCCCCCCc1ccnc(Cl)c1. The molecule has 1 rings (SSSR count). The second-order valence-electron chi connectivity index (χ2n) is 6.83. The Bertz CT molecular complexity index is 378. The molecule has 1 aromatic rings. The lowest BCUT2D eigenvalue weighted by Gasteiger charge is -2.04. The molecular weight excluding hydrogens is 302 g/mol. The van der Waals surface area contributed by atoms with Gasteiger partial charge in [-0.05, 0) is 30.5 Å². The molecule has 0 unspecified atom stereocenters. The van der Waals surface area contributed by atoms with Gasteiger partial charge >= 0.3 is 0 Å². The summed E-state index contributed by atoms with van der Waals surface area (Å²) in [7, 11) is 0. The van der Waals surface area contributed by atoms with Gasteiger partial charge in [-0.2, -0.15) is 0 Å². The Morgan fingerprint density at radius 3 is 1.70 bits per heavy atom. The number of hydrogen-bond acceptors (Lipinski definition) is 1. The fourth-order valence-electron chi connectivity index (χ4n) is 3.12. The predicted molar refractivity (Wildman–Crippen MR) is 103 cm³/mol. The smallest absolute Gasteiger partial charge is 0.129 e. The van der Waals surface area contributed by atoms with Gasteiger partial charge in [0.1, 0.15) is 5.15 Å². The fraction of sp³-hybridized carbons (Fsp3) is 0.762. The second-order valence-corrected chi connectivity index (χ2v) is 7.22.